The van der Waals surface area contributed by atoms with E-state index in [0.29, 0.717) is 25.9 Å². The summed E-state index contributed by atoms with van der Waals surface area (Å²) in [5.74, 6) is 0. The second-order valence-corrected chi connectivity index (χ2v) is 5.58. The lowest BCUT2D eigenvalue weighted by Crippen LogP contribution is -2.52. The van der Waals surface area contributed by atoms with E-state index < -0.39 is 5.67 Å². The van der Waals surface area contributed by atoms with Gasteiger partial charge in [0.15, 0.2) is 0 Å². The quantitative estimate of drug-likeness (QED) is 0.662. The van der Waals surface area contributed by atoms with Gasteiger partial charge in [-0.25, -0.2) is 9.18 Å². The number of nitrogens with zero attached hydrogens (tertiary/aromatic N) is 1. The molecule has 1 rings (SSSR count). The van der Waals surface area contributed by atoms with Gasteiger partial charge < -0.3 is 10.2 Å². The Balaban J connectivity index is 2.44. The average Bonchev–Trinajstić information content (AvgIpc) is 2.00. The number of nitrogens with one attached hydrogen (secondary N) is 1. The molecule has 0 radical (unpaired) electrons. The standard InChI is InChI=1S/C11H21FN2O/c1-10(2,3)13-9(15)14-7-5-11(4,12)6-8-14/h5-8H2,1-4H3,(H,13,15). The molecule has 0 saturated carbocycles. The van der Waals surface area contributed by atoms with Crippen LogP contribution >= 0.6 is 0 Å². The highest BCUT2D eigenvalue weighted by atomic mass is 19.1. The molecule has 2 amide bonds. The molecule has 1 fully saturated rings. The topological polar surface area (TPSA) is 32.3 Å². The first kappa shape index (κ1) is 12.3. The summed E-state index contributed by atoms with van der Waals surface area (Å²) in [6.07, 6.45) is 0.870. The van der Waals surface area contributed by atoms with Crippen LogP contribution in [0.4, 0.5) is 9.18 Å². The van der Waals surface area contributed by atoms with Crippen molar-refractivity contribution in [3.05, 3.63) is 0 Å². The van der Waals surface area contributed by atoms with Gasteiger partial charge in [-0.15, -0.1) is 0 Å². The molecule has 0 unspecified atom stereocenters. The second kappa shape index (κ2) is 3.99. The minimum absolute atomic E-state index is 0.0852. The van der Waals surface area contributed by atoms with E-state index >= 15 is 0 Å². The fourth-order valence-electron chi connectivity index (χ4n) is 1.58. The summed E-state index contributed by atoms with van der Waals surface area (Å²) in [4.78, 5) is 13.4. The maximum absolute atomic E-state index is 13.5. The van der Waals surface area contributed by atoms with Gasteiger partial charge in [-0.1, -0.05) is 0 Å². The summed E-state index contributed by atoms with van der Waals surface area (Å²) in [6.45, 7) is 8.44. The van der Waals surface area contributed by atoms with Crippen molar-refractivity contribution in [2.24, 2.45) is 0 Å². The van der Waals surface area contributed by atoms with Gasteiger partial charge in [-0.05, 0) is 40.5 Å². The third-order valence-electron chi connectivity index (χ3n) is 2.58. The molecule has 0 atom stereocenters. The summed E-state index contributed by atoms with van der Waals surface area (Å²) in [5.41, 5.74) is -1.33. The number of hydrogen-bond acceptors (Lipinski definition) is 1. The zero-order chi connectivity index (χ0) is 11.7. The van der Waals surface area contributed by atoms with E-state index in [1.165, 1.54) is 0 Å². The predicted molar refractivity (Wildman–Crippen MR) is 58.6 cm³/mol. The highest BCUT2D eigenvalue weighted by Crippen LogP contribution is 2.25. The molecular weight excluding hydrogens is 195 g/mol. The zero-order valence-electron chi connectivity index (χ0n) is 10.1. The number of carbonyl (C=O) groups is 1. The lowest BCUT2D eigenvalue weighted by molar-refractivity contribution is 0.0853. The Morgan fingerprint density at radius 1 is 1.33 bits per heavy atom. The van der Waals surface area contributed by atoms with E-state index in [-0.39, 0.29) is 11.6 Å². The summed E-state index contributed by atoms with van der Waals surface area (Å²) in [5, 5.41) is 2.88. The van der Waals surface area contributed by atoms with Crippen LogP contribution in [0.25, 0.3) is 0 Å². The fraction of sp³-hybridized carbons (Fsp3) is 0.909. The third-order valence-corrected chi connectivity index (χ3v) is 2.58. The van der Waals surface area contributed by atoms with E-state index in [1.54, 1.807) is 11.8 Å². The minimum Gasteiger partial charge on any atom is -0.333 e. The van der Waals surface area contributed by atoms with Crippen LogP contribution in [-0.2, 0) is 0 Å². The molecule has 1 saturated heterocycles. The monoisotopic (exact) mass is 216 g/mol. The number of rotatable bonds is 0. The number of carbonyl (C=O) groups excluding carboxylic acids is 1. The van der Waals surface area contributed by atoms with Crippen LogP contribution in [0.3, 0.4) is 0 Å². The lowest BCUT2D eigenvalue weighted by Gasteiger charge is -2.35. The molecule has 1 N–H and O–H groups in total. The lowest BCUT2D eigenvalue weighted by atomic mass is 9.96. The Hall–Kier alpha value is -0.800. The number of alkyl halides is 1. The van der Waals surface area contributed by atoms with Crippen LogP contribution in [0, 0.1) is 0 Å². The van der Waals surface area contributed by atoms with E-state index in [1.807, 2.05) is 20.8 Å². The molecule has 4 heteroatoms. The number of piperidine rings is 1. The molecule has 0 bridgehead atoms. The van der Waals surface area contributed by atoms with Gasteiger partial charge in [0.2, 0.25) is 0 Å². The normalized spacial score (nSPS) is 21.3. The predicted octanol–water partition coefficient (Wildman–Crippen LogP) is 2.32. The van der Waals surface area contributed by atoms with Crippen LogP contribution in [-0.4, -0.2) is 35.2 Å². The smallest absolute Gasteiger partial charge is 0.317 e. The Bertz CT molecular complexity index is 235. The molecule has 0 aromatic carbocycles. The Labute approximate surface area is 91.0 Å². The number of amides is 2. The van der Waals surface area contributed by atoms with Crippen LogP contribution in [0.1, 0.15) is 40.5 Å². The summed E-state index contributed by atoms with van der Waals surface area (Å²) in [7, 11) is 0. The third kappa shape index (κ3) is 4.06. The van der Waals surface area contributed by atoms with Crippen molar-refractivity contribution in [1.82, 2.24) is 10.2 Å². The van der Waals surface area contributed by atoms with Crippen LogP contribution in [0.2, 0.25) is 0 Å². The van der Waals surface area contributed by atoms with Crippen molar-refractivity contribution in [1.29, 1.82) is 0 Å². The summed E-state index contributed by atoms with van der Waals surface area (Å²) in [6, 6.07) is -0.0852. The van der Waals surface area contributed by atoms with Crippen LogP contribution in [0.15, 0.2) is 0 Å². The highest BCUT2D eigenvalue weighted by molar-refractivity contribution is 5.75. The van der Waals surface area contributed by atoms with Gasteiger partial charge in [-0.2, -0.15) is 0 Å². The molecule has 15 heavy (non-hydrogen) atoms. The zero-order valence-corrected chi connectivity index (χ0v) is 10.1. The van der Waals surface area contributed by atoms with Gasteiger partial charge in [0.05, 0.1) is 0 Å². The van der Waals surface area contributed by atoms with Crippen molar-refractivity contribution in [3.63, 3.8) is 0 Å². The van der Waals surface area contributed by atoms with Crippen molar-refractivity contribution in [3.8, 4) is 0 Å². The summed E-state index contributed by atoms with van der Waals surface area (Å²) >= 11 is 0. The molecule has 0 aromatic rings. The second-order valence-electron chi connectivity index (χ2n) is 5.58. The van der Waals surface area contributed by atoms with E-state index in [9.17, 15) is 9.18 Å². The van der Waals surface area contributed by atoms with Crippen LogP contribution < -0.4 is 5.32 Å². The van der Waals surface area contributed by atoms with E-state index in [2.05, 4.69) is 5.32 Å². The first-order valence-electron chi connectivity index (χ1n) is 5.46. The van der Waals surface area contributed by atoms with Gasteiger partial charge in [0, 0.05) is 18.6 Å². The number of urea groups is 1. The Morgan fingerprint density at radius 2 is 1.80 bits per heavy atom. The van der Waals surface area contributed by atoms with Gasteiger partial charge >= 0.3 is 6.03 Å². The number of likely N-dealkylation sites (tertiary alicyclic amines) is 1. The molecule has 0 aromatic heterocycles. The first-order chi connectivity index (χ1) is 6.70. The molecule has 1 aliphatic rings. The first-order valence-corrected chi connectivity index (χ1v) is 5.46. The highest BCUT2D eigenvalue weighted by Gasteiger charge is 2.32. The largest absolute Gasteiger partial charge is 0.333 e. The van der Waals surface area contributed by atoms with Gasteiger partial charge in [-0.3, -0.25) is 0 Å². The maximum atomic E-state index is 13.5. The summed E-state index contributed by atoms with van der Waals surface area (Å²) < 4.78 is 13.5. The van der Waals surface area contributed by atoms with Crippen LogP contribution in [0.5, 0.6) is 0 Å². The average molecular weight is 216 g/mol. The molecule has 88 valence electrons. The van der Waals surface area contributed by atoms with Gasteiger partial charge in [0.25, 0.3) is 0 Å². The fourth-order valence-corrected chi connectivity index (χ4v) is 1.58. The minimum atomic E-state index is -1.10. The molecular formula is C11H21FN2O. The van der Waals surface area contributed by atoms with Crippen molar-refractivity contribution < 1.29 is 9.18 Å². The van der Waals surface area contributed by atoms with Crippen molar-refractivity contribution in [2.45, 2.75) is 51.7 Å². The molecule has 1 aliphatic heterocycles. The molecule has 0 spiro atoms. The maximum Gasteiger partial charge on any atom is 0.317 e. The molecule has 0 aliphatic carbocycles. The van der Waals surface area contributed by atoms with Crippen molar-refractivity contribution in [2.75, 3.05) is 13.1 Å². The number of halogens is 1. The molecule has 1 heterocycles. The van der Waals surface area contributed by atoms with Gasteiger partial charge in [0.1, 0.15) is 5.67 Å². The van der Waals surface area contributed by atoms with E-state index in [4.69, 9.17) is 0 Å². The Morgan fingerprint density at radius 3 is 2.20 bits per heavy atom. The Kier molecular flexibility index (Phi) is 3.26. The van der Waals surface area contributed by atoms with Crippen molar-refractivity contribution >= 4 is 6.03 Å². The van der Waals surface area contributed by atoms with E-state index in [0.717, 1.165) is 0 Å². The SMILES string of the molecule is CC1(F)CCN(C(=O)NC(C)(C)C)CC1. The number of hydrogen-bond donors (Lipinski definition) is 1. The molecule has 3 nitrogen and oxygen atoms in total.